The lowest BCUT2D eigenvalue weighted by Crippen LogP contribution is -2.52. The molecule has 2 amide bonds. The predicted octanol–water partition coefficient (Wildman–Crippen LogP) is 6.70. The number of benzene rings is 3. The molecular formula is C29H32Cl2N2O2S. The lowest BCUT2D eigenvalue weighted by atomic mass is 10.0. The lowest BCUT2D eigenvalue weighted by molar-refractivity contribution is -0.139. The Morgan fingerprint density at radius 3 is 2.28 bits per heavy atom. The molecule has 0 saturated carbocycles. The number of nitrogens with zero attached hydrogens (tertiary/aromatic N) is 1. The maximum Gasteiger partial charge on any atom is 0.243 e. The first-order valence-electron chi connectivity index (χ1n) is 11.9. The highest BCUT2D eigenvalue weighted by atomic mass is 35.5. The molecule has 0 radical (unpaired) electrons. The number of aryl methyl sites for hydroxylation is 1. The Hall–Kier alpha value is -2.47. The molecule has 7 heteroatoms. The van der Waals surface area contributed by atoms with Crippen molar-refractivity contribution in [1.82, 2.24) is 10.2 Å². The third-order valence-corrected chi connectivity index (χ3v) is 7.34. The van der Waals surface area contributed by atoms with Crippen molar-refractivity contribution < 1.29 is 9.59 Å². The molecule has 36 heavy (non-hydrogen) atoms. The standard InChI is InChI=1S/C29H32Cl2N2O2S/c1-20(2)32-29(35)27(16-22-9-5-4-6-10-22)33(17-23-11-7-8-21(3)14-23)28(34)19-36-18-24-12-13-25(30)26(31)15-24/h4-15,20,27H,16-19H2,1-3H3,(H,32,35)/t27-/m0/s1. The van der Waals surface area contributed by atoms with Crippen LogP contribution in [-0.2, 0) is 28.3 Å². The molecular weight excluding hydrogens is 511 g/mol. The van der Waals surface area contributed by atoms with Gasteiger partial charge in [0.05, 0.1) is 15.8 Å². The molecule has 0 saturated heterocycles. The Balaban J connectivity index is 1.84. The molecule has 3 aromatic rings. The molecule has 3 aromatic carbocycles. The Labute approximate surface area is 228 Å². The number of hydrogen-bond donors (Lipinski definition) is 1. The summed E-state index contributed by atoms with van der Waals surface area (Å²) in [6, 6.07) is 22.7. The van der Waals surface area contributed by atoms with Crippen LogP contribution >= 0.6 is 35.0 Å². The molecule has 0 fully saturated rings. The van der Waals surface area contributed by atoms with Gasteiger partial charge in [0.2, 0.25) is 11.8 Å². The summed E-state index contributed by atoms with van der Waals surface area (Å²) in [7, 11) is 0. The second-order valence-electron chi connectivity index (χ2n) is 9.12. The molecule has 0 aliphatic heterocycles. The monoisotopic (exact) mass is 542 g/mol. The van der Waals surface area contributed by atoms with E-state index in [1.807, 2.05) is 81.4 Å². The van der Waals surface area contributed by atoms with Crippen molar-refractivity contribution >= 4 is 46.8 Å². The normalized spacial score (nSPS) is 11.8. The van der Waals surface area contributed by atoms with Crippen LogP contribution in [0.25, 0.3) is 0 Å². The van der Waals surface area contributed by atoms with Gasteiger partial charge in [-0.2, -0.15) is 0 Å². The van der Waals surface area contributed by atoms with Gasteiger partial charge in [-0.05, 0) is 49.6 Å². The molecule has 0 aliphatic rings. The smallest absolute Gasteiger partial charge is 0.243 e. The number of thioether (sulfide) groups is 1. The summed E-state index contributed by atoms with van der Waals surface area (Å²) >= 11 is 13.7. The van der Waals surface area contributed by atoms with E-state index in [9.17, 15) is 9.59 Å². The zero-order valence-electron chi connectivity index (χ0n) is 20.8. The van der Waals surface area contributed by atoms with Gasteiger partial charge in [0, 0.05) is 24.8 Å². The first-order chi connectivity index (χ1) is 17.2. The van der Waals surface area contributed by atoms with Crippen LogP contribution in [-0.4, -0.2) is 34.6 Å². The quantitative estimate of drug-likeness (QED) is 0.293. The number of carbonyl (C=O) groups is 2. The summed E-state index contributed by atoms with van der Waals surface area (Å²) in [6.45, 7) is 6.24. The minimum Gasteiger partial charge on any atom is -0.352 e. The fourth-order valence-corrected chi connectivity index (χ4v) is 5.09. The van der Waals surface area contributed by atoms with Gasteiger partial charge in [-0.25, -0.2) is 0 Å². The summed E-state index contributed by atoms with van der Waals surface area (Å²) in [6.07, 6.45) is 0.439. The average molecular weight is 544 g/mol. The van der Waals surface area contributed by atoms with E-state index in [0.29, 0.717) is 28.8 Å². The fraction of sp³-hybridized carbons (Fsp3) is 0.310. The molecule has 0 unspecified atom stereocenters. The van der Waals surface area contributed by atoms with Gasteiger partial charge in [-0.3, -0.25) is 9.59 Å². The van der Waals surface area contributed by atoms with Crippen LogP contribution in [0.2, 0.25) is 10.0 Å². The van der Waals surface area contributed by atoms with E-state index in [4.69, 9.17) is 23.2 Å². The van der Waals surface area contributed by atoms with Gasteiger partial charge in [0.25, 0.3) is 0 Å². The molecule has 0 aliphatic carbocycles. The number of nitrogens with one attached hydrogen (secondary N) is 1. The number of hydrogen-bond acceptors (Lipinski definition) is 3. The topological polar surface area (TPSA) is 49.4 Å². The van der Waals surface area contributed by atoms with E-state index >= 15 is 0 Å². The average Bonchev–Trinajstić information content (AvgIpc) is 2.83. The van der Waals surface area contributed by atoms with E-state index in [0.717, 1.165) is 22.3 Å². The van der Waals surface area contributed by atoms with Gasteiger partial charge in [-0.15, -0.1) is 11.8 Å². The predicted molar refractivity (Wildman–Crippen MR) is 152 cm³/mol. The third kappa shape index (κ3) is 8.58. The van der Waals surface area contributed by atoms with E-state index in [2.05, 4.69) is 11.4 Å². The van der Waals surface area contributed by atoms with Gasteiger partial charge in [0.15, 0.2) is 0 Å². The van der Waals surface area contributed by atoms with Crippen molar-refractivity contribution in [3.05, 3.63) is 105 Å². The van der Waals surface area contributed by atoms with Crippen LogP contribution in [0.5, 0.6) is 0 Å². The maximum absolute atomic E-state index is 13.6. The van der Waals surface area contributed by atoms with Crippen LogP contribution in [0, 0.1) is 6.92 Å². The molecule has 4 nitrogen and oxygen atoms in total. The van der Waals surface area contributed by atoms with Crippen molar-refractivity contribution in [2.24, 2.45) is 0 Å². The highest BCUT2D eigenvalue weighted by molar-refractivity contribution is 7.99. The maximum atomic E-state index is 13.6. The Kier molecular flexibility index (Phi) is 10.7. The molecule has 0 heterocycles. The lowest BCUT2D eigenvalue weighted by Gasteiger charge is -2.32. The fourth-order valence-electron chi connectivity index (χ4n) is 3.91. The Bertz CT molecular complexity index is 1170. The van der Waals surface area contributed by atoms with Gasteiger partial charge in [0.1, 0.15) is 6.04 Å². The SMILES string of the molecule is Cc1cccc(CN(C(=O)CSCc2ccc(Cl)c(Cl)c2)[C@@H](Cc2ccccc2)C(=O)NC(C)C)c1. The molecule has 1 N–H and O–H groups in total. The molecule has 1 atom stereocenters. The zero-order valence-corrected chi connectivity index (χ0v) is 23.2. The van der Waals surface area contributed by atoms with Crippen LogP contribution in [0.3, 0.4) is 0 Å². The van der Waals surface area contributed by atoms with Gasteiger partial charge in [-0.1, -0.05) is 89.4 Å². The summed E-state index contributed by atoms with van der Waals surface area (Å²) in [4.78, 5) is 28.8. The number of rotatable bonds is 11. The number of halogens is 2. The second kappa shape index (κ2) is 13.7. The van der Waals surface area contributed by atoms with Crippen LogP contribution in [0.4, 0.5) is 0 Å². The molecule has 0 bridgehead atoms. The third-order valence-electron chi connectivity index (χ3n) is 5.62. The van der Waals surface area contributed by atoms with Crippen molar-refractivity contribution in [2.75, 3.05) is 5.75 Å². The van der Waals surface area contributed by atoms with Crippen molar-refractivity contribution in [3.8, 4) is 0 Å². The second-order valence-corrected chi connectivity index (χ2v) is 10.9. The zero-order chi connectivity index (χ0) is 26.1. The molecule has 0 aromatic heterocycles. The van der Waals surface area contributed by atoms with Crippen molar-refractivity contribution in [2.45, 2.75) is 51.6 Å². The van der Waals surface area contributed by atoms with Crippen LogP contribution < -0.4 is 5.32 Å². The number of carbonyl (C=O) groups excluding carboxylic acids is 2. The van der Waals surface area contributed by atoms with Crippen molar-refractivity contribution in [3.63, 3.8) is 0 Å². The van der Waals surface area contributed by atoms with E-state index in [-0.39, 0.29) is 23.6 Å². The summed E-state index contributed by atoms with van der Waals surface area (Å²) < 4.78 is 0. The molecule has 3 rings (SSSR count). The minimum absolute atomic E-state index is 0.0317. The van der Waals surface area contributed by atoms with Crippen molar-refractivity contribution in [1.29, 1.82) is 0 Å². The Morgan fingerprint density at radius 2 is 1.61 bits per heavy atom. The minimum atomic E-state index is -0.631. The van der Waals surface area contributed by atoms with Gasteiger partial charge >= 0.3 is 0 Å². The highest BCUT2D eigenvalue weighted by Crippen LogP contribution is 2.25. The highest BCUT2D eigenvalue weighted by Gasteiger charge is 2.30. The summed E-state index contributed by atoms with van der Waals surface area (Å²) in [5.74, 6) is 0.625. The number of amides is 2. The first kappa shape index (κ1) is 28.1. The van der Waals surface area contributed by atoms with Crippen LogP contribution in [0.1, 0.15) is 36.1 Å². The van der Waals surface area contributed by atoms with E-state index in [1.54, 1.807) is 11.0 Å². The molecule has 190 valence electrons. The van der Waals surface area contributed by atoms with E-state index < -0.39 is 6.04 Å². The Morgan fingerprint density at radius 1 is 0.889 bits per heavy atom. The van der Waals surface area contributed by atoms with Gasteiger partial charge < -0.3 is 10.2 Å². The van der Waals surface area contributed by atoms with Crippen LogP contribution in [0.15, 0.2) is 72.8 Å². The van der Waals surface area contributed by atoms with E-state index in [1.165, 1.54) is 11.8 Å². The molecule has 0 spiro atoms. The first-order valence-corrected chi connectivity index (χ1v) is 13.8. The summed E-state index contributed by atoms with van der Waals surface area (Å²) in [5.41, 5.74) is 4.10. The summed E-state index contributed by atoms with van der Waals surface area (Å²) in [5, 5.41) is 4.02. The largest absolute Gasteiger partial charge is 0.352 e.